The lowest BCUT2D eigenvalue weighted by Gasteiger charge is -2.27. The fourth-order valence-electron chi connectivity index (χ4n) is 5.18. The van der Waals surface area contributed by atoms with Gasteiger partial charge >= 0.3 is 0 Å². The van der Waals surface area contributed by atoms with Crippen LogP contribution in [0, 0.1) is 13.1 Å². The molecule has 2 heterocycles. The van der Waals surface area contributed by atoms with Gasteiger partial charge in [0.1, 0.15) is 0 Å². The number of aliphatic hydroxyl groups is 2. The fourth-order valence-corrected chi connectivity index (χ4v) is 6.28. The number of carbonyl (C=O) groups excluding carboxylic acids is 1. The molecule has 9 heteroatoms. The molecule has 4 aromatic rings. The minimum Gasteiger partial charge on any atom is -0.395 e. The van der Waals surface area contributed by atoms with Crippen molar-refractivity contribution in [3.8, 4) is 0 Å². The van der Waals surface area contributed by atoms with Gasteiger partial charge in [-0.3, -0.25) is 9.48 Å². The van der Waals surface area contributed by atoms with Crippen molar-refractivity contribution in [2.45, 2.75) is 38.0 Å². The van der Waals surface area contributed by atoms with Crippen molar-refractivity contribution in [2.75, 3.05) is 11.5 Å². The molecule has 0 radical (unpaired) electrons. The quantitative estimate of drug-likeness (QED) is 0.162. The van der Waals surface area contributed by atoms with Crippen LogP contribution in [-0.2, 0) is 23.5 Å². The van der Waals surface area contributed by atoms with Crippen molar-refractivity contribution < 1.29 is 15.0 Å². The maximum atomic E-state index is 13.8. The molecule has 0 bridgehead atoms. The van der Waals surface area contributed by atoms with E-state index in [-0.39, 0.29) is 18.4 Å². The Labute approximate surface area is 261 Å². The van der Waals surface area contributed by atoms with Crippen LogP contribution in [0.5, 0.6) is 0 Å². The summed E-state index contributed by atoms with van der Waals surface area (Å²) in [5, 5.41) is 30.4. The second-order valence-electron chi connectivity index (χ2n) is 10.0. The normalized spacial score (nSPS) is 18.3. The summed E-state index contributed by atoms with van der Waals surface area (Å²) in [5.74, 6) is -0.975. The molecule has 0 aliphatic carbocycles. The SMILES string of the molecule is C[C@H](/C=C/CCn1cc(C(CO)c2ccccc2)nn1)[C@@]1(O)C(=O)N(Cc2cccc(I)c2)c2ccc(I)cc21. The Bertz CT molecular complexity index is 1520. The first-order valence-electron chi connectivity index (χ1n) is 13.1. The topological polar surface area (TPSA) is 91.5 Å². The summed E-state index contributed by atoms with van der Waals surface area (Å²) in [5.41, 5.74) is 2.46. The maximum Gasteiger partial charge on any atom is 0.264 e. The molecule has 1 aliphatic rings. The van der Waals surface area contributed by atoms with Crippen LogP contribution in [0.4, 0.5) is 5.69 Å². The Morgan fingerprint density at radius 1 is 1.02 bits per heavy atom. The highest BCUT2D eigenvalue weighted by molar-refractivity contribution is 14.1. The Balaban J connectivity index is 1.29. The number of rotatable bonds is 10. The van der Waals surface area contributed by atoms with Crippen LogP contribution in [0.2, 0.25) is 0 Å². The fraction of sp³-hybridized carbons (Fsp3) is 0.258. The molecule has 1 aliphatic heterocycles. The number of nitrogens with zero attached hydrogens (tertiary/aromatic N) is 4. The first-order chi connectivity index (χ1) is 19.3. The van der Waals surface area contributed by atoms with Crippen LogP contribution in [0.15, 0.2) is 91.1 Å². The van der Waals surface area contributed by atoms with E-state index in [0.717, 1.165) is 29.6 Å². The van der Waals surface area contributed by atoms with Gasteiger partial charge in [-0.05, 0) is 93.1 Å². The zero-order valence-corrected chi connectivity index (χ0v) is 26.3. The van der Waals surface area contributed by atoms with E-state index in [1.54, 1.807) is 9.58 Å². The van der Waals surface area contributed by atoms with Gasteiger partial charge in [0.2, 0.25) is 0 Å². The van der Waals surface area contributed by atoms with Crippen molar-refractivity contribution in [3.63, 3.8) is 0 Å². The smallest absolute Gasteiger partial charge is 0.264 e. The Kier molecular flexibility index (Phi) is 9.03. The molecule has 0 saturated heterocycles. The molecule has 0 spiro atoms. The van der Waals surface area contributed by atoms with Gasteiger partial charge < -0.3 is 15.1 Å². The molecule has 3 atom stereocenters. The number of aryl methyl sites for hydroxylation is 1. The van der Waals surface area contributed by atoms with Crippen molar-refractivity contribution in [1.82, 2.24) is 15.0 Å². The second-order valence-corrected chi connectivity index (χ2v) is 12.5. The first kappa shape index (κ1) is 28.9. The van der Waals surface area contributed by atoms with E-state index in [0.29, 0.717) is 25.1 Å². The van der Waals surface area contributed by atoms with Crippen molar-refractivity contribution in [3.05, 3.63) is 121 Å². The summed E-state index contributed by atoms with van der Waals surface area (Å²) in [6.07, 6.45) is 6.40. The Morgan fingerprint density at radius 3 is 2.55 bits per heavy atom. The van der Waals surface area contributed by atoms with Crippen molar-refractivity contribution >= 4 is 56.8 Å². The highest BCUT2D eigenvalue weighted by atomic mass is 127. The summed E-state index contributed by atoms with van der Waals surface area (Å²) < 4.78 is 3.82. The number of anilines is 1. The predicted molar refractivity (Wildman–Crippen MR) is 172 cm³/mol. The first-order valence-corrected chi connectivity index (χ1v) is 15.3. The molecular weight excluding hydrogens is 730 g/mol. The molecule has 40 heavy (non-hydrogen) atoms. The van der Waals surface area contributed by atoms with Gasteiger partial charge in [-0.2, -0.15) is 0 Å². The number of allylic oxidation sites excluding steroid dienone is 1. The van der Waals surface area contributed by atoms with Gasteiger partial charge in [0.25, 0.3) is 5.91 Å². The Hall–Kier alpha value is -2.61. The van der Waals surface area contributed by atoms with E-state index in [1.807, 2.05) is 92.0 Å². The van der Waals surface area contributed by atoms with Gasteiger partial charge in [-0.15, -0.1) is 5.10 Å². The third-order valence-electron chi connectivity index (χ3n) is 7.37. The van der Waals surface area contributed by atoms with Gasteiger partial charge in [0.05, 0.1) is 30.5 Å². The molecule has 7 nitrogen and oxygen atoms in total. The lowest BCUT2D eigenvalue weighted by atomic mass is 9.83. The molecule has 1 unspecified atom stereocenters. The van der Waals surface area contributed by atoms with Crippen molar-refractivity contribution in [1.29, 1.82) is 0 Å². The van der Waals surface area contributed by atoms with E-state index < -0.39 is 11.5 Å². The zero-order valence-electron chi connectivity index (χ0n) is 22.0. The van der Waals surface area contributed by atoms with Crippen LogP contribution < -0.4 is 4.90 Å². The molecule has 5 rings (SSSR count). The van der Waals surface area contributed by atoms with E-state index in [4.69, 9.17) is 0 Å². The average Bonchev–Trinajstić information content (AvgIpc) is 3.50. The minimum absolute atomic E-state index is 0.0479. The van der Waals surface area contributed by atoms with Crippen LogP contribution >= 0.6 is 45.2 Å². The predicted octanol–water partition coefficient (Wildman–Crippen LogP) is 5.63. The molecule has 0 fully saturated rings. The van der Waals surface area contributed by atoms with Gasteiger partial charge in [-0.1, -0.05) is 66.8 Å². The largest absolute Gasteiger partial charge is 0.395 e. The molecule has 206 valence electrons. The number of benzene rings is 3. The zero-order chi connectivity index (χ0) is 28.3. The number of halogens is 2. The lowest BCUT2D eigenvalue weighted by Crippen LogP contribution is -2.44. The van der Waals surface area contributed by atoms with Gasteiger partial charge in [-0.25, -0.2) is 0 Å². The van der Waals surface area contributed by atoms with E-state index in [2.05, 4.69) is 61.6 Å². The van der Waals surface area contributed by atoms with E-state index in [1.165, 1.54) is 0 Å². The second kappa shape index (κ2) is 12.5. The van der Waals surface area contributed by atoms with Crippen LogP contribution in [-0.4, -0.2) is 37.7 Å². The summed E-state index contributed by atoms with van der Waals surface area (Å²) in [7, 11) is 0. The summed E-state index contributed by atoms with van der Waals surface area (Å²) >= 11 is 4.48. The standard InChI is InChI=1S/C31H30I2N4O3/c1-21(8-5-6-15-36-19-28(34-35-36)26(20-38)23-10-3-2-4-11-23)31(40)27-17-25(33)13-14-29(27)37(30(31)39)18-22-9-7-12-24(32)16-22/h2-5,7-14,16-17,19,21,26,38,40H,6,15,18,20H2,1H3/b8-5+/t21-,26?,31+/m1/s1. The van der Waals surface area contributed by atoms with Crippen LogP contribution in [0.25, 0.3) is 0 Å². The minimum atomic E-state index is -1.65. The number of fused-ring (bicyclic) bond motifs is 1. The number of carbonyl (C=O) groups is 1. The van der Waals surface area contributed by atoms with Gasteiger partial charge in [0, 0.05) is 31.4 Å². The molecule has 3 aromatic carbocycles. The highest BCUT2D eigenvalue weighted by Crippen LogP contribution is 2.46. The number of hydrogen-bond acceptors (Lipinski definition) is 5. The monoisotopic (exact) mass is 760 g/mol. The molecule has 2 N–H and O–H groups in total. The highest BCUT2D eigenvalue weighted by Gasteiger charge is 2.52. The number of aromatic nitrogens is 3. The number of aliphatic hydroxyl groups excluding tert-OH is 1. The van der Waals surface area contributed by atoms with Crippen LogP contribution in [0.3, 0.4) is 0 Å². The van der Waals surface area contributed by atoms with E-state index in [9.17, 15) is 15.0 Å². The lowest BCUT2D eigenvalue weighted by molar-refractivity contribution is -0.139. The maximum absolute atomic E-state index is 13.8. The summed E-state index contributed by atoms with van der Waals surface area (Å²) in [4.78, 5) is 15.5. The summed E-state index contributed by atoms with van der Waals surface area (Å²) in [6.45, 7) is 2.82. The molecule has 0 saturated carbocycles. The molecule has 1 amide bonds. The van der Waals surface area contributed by atoms with Crippen LogP contribution in [0.1, 0.15) is 41.6 Å². The third kappa shape index (κ3) is 5.88. The molecule has 1 aromatic heterocycles. The molecular formula is C31H30I2N4O3. The summed E-state index contributed by atoms with van der Waals surface area (Å²) in [6, 6.07) is 23.6. The van der Waals surface area contributed by atoms with Gasteiger partial charge in [0.15, 0.2) is 5.60 Å². The third-order valence-corrected chi connectivity index (χ3v) is 8.71. The van der Waals surface area contributed by atoms with Crippen molar-refractivity contribution in [2.24, 2.45) is 5.92 Å². The number of amides is 1. The van der Waals surface area contributed by atoms with E-state index >= 15 is 0 Å². The Morgan fingerprint density at radius 2 is 1.80 bits per heavy atom. The average molecular weight is 760 g/mol. The number of hydrogen-bond donors (Lipinski definition) is 2.